The van der Waals surface area contributed by atoms with E-state index in [2.05, 4.69) is 28.4 Å². The fourth-order valence-electron chi connectivity index (χ4n) is 4.02. The maximum Gasteiger partial charge on any atom is 0.347 e. The number of ether oxygens (including phenoxy) is 1. The molecule has 2 aromatic rings. The van der Waals surface area contributed by atoms with Crippen molar-refractivity contribution in [1.82, 2.24) is 5.32 Å². The highest BCUT2D eigenvalue weighted by Crippen LogP contribution is 2.28. The standard InChI is InChI=1S/C26H34N2O4/c1-19(22-10-6-7-11-23(22)28-16-8-4-5-9-17-28)27-24(29)18-20-12-14-21(15-13-20)32-26(2,3)25(30)31/h6-7,10-15,19H,4-5,8-9,16-18H2,1-3H3,(H,27,29)(H,30,31). The minimum Gasteiger partial charge on any atom is -0.478 e. The Balaban J connectivity index is 1.61. The van der Waals surface area contributed by atoms with E-state index < -0.39 is 11.6 Å². The van der Waals surface area contributed by atoms with Crippen LogP contribution in [0.15, 0.2) is 48.5 Å². The summed E-state index contributed by atoms with van der Waals surface area (Å²) in [5, 5.41) is 12.3. The number of hydrogen-bond acceptors (Lipinski definition) is 4. The summed E-state index contributed by atoms with van der Waals surface area (Å²) >= 11 is 0. The lowest BCUT2D eigenvalue weighted by molar-refractivity contribution is -0.152. The van der Waals surface area contributed by atoms with Crippen molar-refractivity contribution in [2.75, 3.05) is 18.0 Å². The number of carboxylic acid groups (broad SMARTS) is 1. The third-order valence-electron chi connectivity index (χ3n) is 5.90. The van der Waals surface area contributed by atoms with Crippen LogP contribution in [0.3, 0.4) is 0 Å². The summed E-state index contributed by atoms with van der Waals surface area (Å²) in [7, 11) is 0. The molecule has 172 valence electrons. The van der Waals surface area contributed by atoms with Crippen LogP contribution in [0.1, 0.15) is 63.6 Å². The van der Waals surface area contributed by atoms with Crippen LogP contribution in [0.2, 0.25) is 0 Å². The predicted octanol–water partition coefficient (Wildman–Crippen LogP) is 4.73. The third kappa shape index (κ3) is 6.25. The van der Waals surface area contributed by atoms with Crippen molar-refractivity contribution >= 4 is 17.6 Å². The van der Waals surface area contributed by atoms with Crippen molar-refractivity contribution in [2.24, 2.45) is 0 Å². The molecule has 1 heterocycles. The summed E-state index contributed by atoms with van der Waals surface area (Å²) in [6.07, 6.45) is 5.22. The van der Waals surface area contributed by atoms with Gasteiger partial charge in [-0.15, -0.1) is 0 Å². The average molecular weight is 439 g/mol. The van der Waals surface area contributed by atoms with Gasteiger partial charge in [-0.3, -0.25) is 4.79 Å². The maximum absolute atomic E-state index is 12.7. The molecule has 0 radical (unpaired) electrons. The first-order valence-corrected chi connectivity index (χ1v) is 11.4. The lowest BCUT2D eigenvalue weighted by Crippen LogP contribution is -2.37. The number of rotatable bonds is 8. The second kappa shape index (κ2) is 10.5. The van der Waals surface area contributed by atoms with Crippen LogP contribution in [0.5, 0.6) is 5.75 Å². The van der Waals surface area contributed by atoms with E-state index >= 15 is 0 Å². The molecule has 0 aliphatic carbocycles. The fourth-order valence-corrected chi connectivity index (χ4v) is 4.02. The number of para-hydroxylation sites is 1. The van der Waals surface area contributed by atoms with E-state index in [1.807, 2.05) is 13.0 Å². The molecule has 6 heteroatoms. The van der Waals surface area contributed by atoms with Crippen molar-refractivity contribution in [3.05, 3.63) is 59.7 Å². The van der Waals surface area contributed by atoms with Crippen molar-refractivity contribution in [1.29, 1.82) is 0 Å². The Hall–Kier alpha value is -3.02. The van der Waals surface area contributed by atoms with E-state index in [0.717, 1.165) is 24.2 Å². The quantitative estimate of drug-likeness (QED) is 0.623. The van der Waals surface area contributed by atoms with Gasteiger partial charge < -0.3 is 20.1 Å². The molecule has 0 saturated carbocycles. The molecule has 1 atom stereocenters. The highest BCUT2D eigenvalue weighted by atomic mass is 16.5. The Morgan fingerprint density at radius 1 is 1.03 bits per heavy atom. The number of benzene rings is 2. The number of hydrogen-bond donors (Lipinski definition) is 2. The molecule has 2 N–H and O–H groups in total. The Bertz CT molecular complexity index is 916. The van der Waals surface area contributed by atoms with E-state index in [1.54, 1.807) is 24.3 Å². The van der Waals surface area contributed by atoms with E-state index in [0.29, 0.717) is 5.75 Å². The van der Waals surface area contributed by atoms with Crippen molar-refractivity contribution < 1.29 is 19.4 Å². The first-order valence-electron chi connectivity index (χ1n) is 11.4. The van der Waals surface area contributed by atoms with Gasteiger partial charge in [0, 0.05) is 18.8 Å². The molecule has 6 nitrogen and oxygen atoms in total. The van der Waals surface area contributed by atoms with Gasteiger partial charge in [0.25, 0.3) is 0 Å². The van der Waals surface area contributed by atoms with E-state index in [4.69, 9.17) is 4.74 Å². The molecular formula is C26H34N2O4. The number of carboxylic acids is 1. The number of carbonyl (C=O) groups excluding carboxylic acids is 1. The fraction of sp³-hybridized carbons (Fsp3) is 0.462. The lowest BCUT2D eigenvalue weighted by atomic mass is 10.0. The molecule has 32 heavy (non-hydrogen) atoms. The zero-order chi connectivity index (χ0) is 23.1. The van der Waals surface area contributed by atoms with Crippen molar-refractivity contribution in [2.45, 2.75) is 64.5 Å². The summed E-state index contributed by atoms with van der Waals surface area (Å²) < 4.78 is 5.52. The molecule has 3 rings (SSSR count). The molecule has 1 aliphatic rings. The van der Waals surface area contributed by atoms with Gasteiger partial charge in [0.15, 0.2) is 5.60 Å². The van der Waals surface area contributed by atoms with Crippen molar-refractivity contribution in [3.8, 4) is 5.75 Å². The molecular weight excluding hydrogens is 404 g/mol. The van der Waals surface area contributed by atoms with Gasteiger partial charge in [-0.25, -0.2) is 4.79 Å². The smallest absolute Gasteiger partial charge is 0.347 e. The van der Waals surface area contributed by atoms with Gasteiger partial charge in [-0.1, -0.05) is 43.2 Å². The van der Waals surface area contributed by atoms with Crippen LogP contribution in [-0.4, -0.2) is 35.7 Å². The largest absolute Gasteiger partial charge is 0.478 e. The predicted molar refractivity (Wildman–Crippen MR) is 126 cm³/mol. The highest BCUT2D eigenvalue weighted by molar-refractivity contribution is 5.79. The van der Waals surface area contributed by atoms with Crippen LogP contribution < -0.4 is 15.0 Å². The zero-order valence-corrected chi connectivity index (χ0v) is 19.3. The number of carbonyl (C=O) groups is 2. The zero-order valence-electron chi connectivity index (χ0n) is 19.3. The molecule has 1 saturated heterocycles. The second-order valence-corrected chi connectivity index (χ2v) is 8.99. The van der Waals surface area contributed by atoms with Crippen LogP contribution in [0.25, 0.3) is 0 Å². The highest BCUT2D eigenvalue weighted by Gasteiger charge is 2.29. The molecule has 0 bridgehead atoms. The summed E-state index contributed by atoms with van der Waals surface area (Å²) in [4.78, 5) is 26.4. The van der Waals surface area contributed by atoms with Crippen LogP contribution in [-0.2, 0) is 16.0 Å². The summed E-state index contributed by atoms with van der Waals surface area (Å²) in [6, 6.07) is 15.2. The molecule has 0 spiro atoms. The number of aliphatic carboxylic acids is 1. The molecule has 0 aromatic heterocycles. The first-order chi connectivity index (χ1) is 15.3. The minimum absolute atomic E-state index is 0.0531. The molecule has 1 aliphatic heterocycles. The summed E-state index contributed by atoms with van der Waals surface area (Å²) in [5.41, 5.74) is 1.89. The van der Waals surface area contributed by atoms with Gasteiger partial charge in [0.2, 0.25) is 5.91 Å². The van der Waals surface area contributed by atoms with Gasteiger partial charge in [0.1, 0.15) is 5.75 Å². The average Bonchev–Trinajstić information content (AvgIpc) is 3.04. The maximum atomic E-state index is 12.7. The van der Waals surface area contributed by atoms with Crippen LogP contribution in [0.4, 0.5) is 5.69 Å². The molecule has 1 amide bonds. The lowest BCUT2D eigenvalue weighted by Gasteiger charge is -2.28. The number of nitrogens with one attached hydrogen (secondary N) is 1. The SMILES string of the molecule is CC(NC(=O)Cc1ccc(OC(C)(C)C(=O)O)cc1)c1ccccc1N1CCCCCC1. The van der Waals surface area contributed by atoms with Gasteiger partial charge in [-0.05, 0) is 62.9 Å². The van der Waals surface area contributed by atoms with Gasteiger partial charge in [0.05, 0.1) is 12.5 Å². The Labute approximate surface area is 190 Å². The second-order valence-electron chi connectivity index (χ2n) is 8.99. The first kappa shape index (κ1) is 23.6. The number of amides is 1. The van der Waals surface area contributed by atoms with Crippen molar-refractivity contribution in [3.63, 3.8) is 0 Å². The Morgan fingerprint density at radius 3 is 2.28 bits per heavy atom. The summed E-state index contributed by atoms with van der Waals surface area (Å²) in [5.74, 6) is -0.626. The molecule has 2 aromatic carbocycles. The van der Waals surface area contributed by atoms with E-state index in [1.165, 1.54) is 45.2 Å². The van der Waals surface area contributed by atoms with Gasteiger partial charge in [-0.2, -0.15) is 0 Å². The van der Waals surface area contributed by atoms with E-state index in [9.17, 15) is 14.7 Å². The monoisotopic (exact) mass is 438 g/mol. The minimum atomic E-state index is -1.31. The number of anilines is 1. The topological polar surface area (TPSA) is 78.9 Å². The normalized spacial score (nSPS) is 15.5. The Kier molecular flexibility index (Phi) is 7.78. The molecule has 1 fully saturated rings. The third-order valence-corrected chi connectivity index (χ3v) is 5.90. The summed E-state index contributed by atoms with van der Waals surface area (Å²) in [6.45, 7) is 7.15. The van der Waals surface area contributed by atoms with E-state index in [-0.39, 0.29) is 18.4 Å². The Morgan fingerprint density at radius 2 is 1.66 bits per heavy atom. The van der Waals surface area contributed by atoms with Crippen LogP contribution >= 0.6 is 0 Å². The molecule has 1 unspecified atom stereocenters. The number of nitrogens with zero attached hydrogens (tertiary/aromatic N) is 1. The van der Waals surface area contributed by atoms with Crippen LogP contribution in [0, 0.1) is 0 Å². The van der Waals surface area contributed by atoms with Gasteiger partial charge >= 0.3 is 5.97 Å².